The van der Waals surface area contributed by atoms with E-state index in [-0.39, 0.29) is 17.7 Å². The summed E-state index contributed by atoms with van der Waals surface area (Å²) in [6.45, 7) is 10.1. The number of nitrogens with zero attached hydrogens (tertiary/aromatic N) is 2. The lowest BCUT2D eigenvalue weighted by Gasteiger charge is -2.36. The van der Waals surface area contributed by atoms with Crippen LogP contribution in [0.1, 0.15) is 50.7 Å². The first kappa shape index (κ1) is 24.7. The van der Waals surface area contributed by atoms with Gasteiger partial charge in [-0.1, -0.05) is 24.3 Å². The molecule has 0 radical (unpaired) electrons. The first-order valence-corrected chi connectivity index (χ1v) is 12.2. The molecule has 4 rings (SSSR count). The van der Waals surface area contributed by atoms with Crippen molar-refractivity contribution in [1.82, 2.24) is 10.2 Å². The normalized spacial score (nSPS) is 19.3. The second kappa shape index (κ2) is 10.5. The zero-order valence-electron chi connectivity index (χ0n) is 20.7. The smallest absolute Gasteiger partial charge is 0.412 e. The molecule has 0 aliphatic carbocycles. The number of anilines is 2. The van der Waals surface area contributed by atoms with Crippen LogP contribution in [0.15, 0.2) is 48.5 Å². The molecule has 0 bridgehead atoms. The maximum Gasteiger partial charge on any atom is 0.412 e. The van der Waals surface area contributed by atoms with Gasteiger partial charge >= 0.3 is 6.09 Å². The number of carbonyl (C=O) groups is 3. The molecular weight excluding hydrogens is 444 g/mol. The summed E-state index contributed by atoms with van der Waals surface area (Å²) in [5, 5.41) is 5.20. The molecule has 0 saturated carbocycles. The molecule has 2 aliphatic rings. The van der Waals surface area contributed by atoms with Crippen molar-refractivity contribution in [2.45, 2.75) is 51.7 Å². The topological polar surface area (TPSA) is 91.0 Å². The molecule has 8 nitrogen and oxygen atoms in total. The third-order valence-electron chi connectivity index (χ3n) is 6.28. The van der Waals surface area contributed by atoms with E-state index in [4.69, 9.17) is 4.74 Å². The predicted molar refractivity (Wildman–Crippen MR) is 135 cm³/mol. The van der Waals surface area contributed by atoms with Crippen LogP contribution in [0.5, 0.6) is 0 Å². The highest BCUT2D eigenvalue weighted by atomic mass is 16.6. The van der Waals surface area contributed by atoms with Crippen LogP contribution in [-0.4, -0.2) is 54.6 Å². The molecule has 186 valence electrons. The van der Waals surface area contributed by atoms with E-state index < -0.39 is 11.7 Å². The fourth-order valence-corrected chi connectivity index (χ4v) is 4.47. The van der Waals surface area contributed by atoms with Gasteiger partial charge in [-0.25, -0.2) is 4.79 Å². The third kappa shape index (κ3) is 6.82. The number of ether oxygens (including phenoxy) is 1. The van der Waals surface area contributed by atoms with Crippen LogP contribution >= 0.6 is 0 Å². The average molecular weight is 479 g/mol. The van der Waals surface area contributed by atoms with E-state index in [1.165, 1.54) is 5.56 Å². The highest BCUT2D eigenvalue weighted by molar-refractivity contribution is 6.00. The standard InChI is InChI=1S/C27H34N4O4/c1-27(2,3)35-26(34)28-21-8-4-19(5-9-21)18-30-14-16-31(17-15-30)22-10-6-20(7-11-22)23-12-13-24(32)29-25(23)33/h4-11,23H,12-18H2,1-3H3,(H,28,34)(H,29,32,33). The summed E-state index contributed by atoms with van der Waals surface area (Å²) in [7, 11) is 0. The molecule has 1 atom stereocenters. The van der Waals surface area contributed by atoms with E-state index in [0.717, 1.165) is 44.0 Å². The van der Waals surface area contributed by atoms with Crippen LogP contribution in [0.3, 0.4) is 0 Å². The molecule has 2 N–H and O–H groups in total. The summed E-state index contributed by atoms with van der Waals surface area (Å²) in [6, 6.07) is 16.0. The van der Waals surface area contributed by atoms with Gasteiger partial charge in [-0.15, -0.1) is 0 Å². The highest BCUT2D eigenvalue weighted by Gasteiger charge is 2.28. The van der Waals surface area contributed by atoms with E-state index in [1.807, 2.05) is 57.2 Å². The Morgan fingerprint density at radius 2 is 1.66 bits per heavy atom. The Kier molecular flexibility index (Phi) is 7.40. The van der Waals surface area contributed by atoms with E-state index in [2.05, 4.69) is 32.6 Å². The minimum atomic E-state index is -0.526. The zero-order chi connectivity index (χ0) is 25.0. The molecule has 3 amide bonds. The number of amides is 3. The van der Waals surface area contributed by atoms with Crippen molar-refractivity contribution in [1.29, 1.82) is 0 Å². The minimum absolute atomic E-state index is 0.186. The number of nitrogens with one attached hydrogen (secondary N) is 2. The monoisotopic (exact) mass is 478 g/mol. The second-order valence-electron chi connectivity index (χ2n) is 10.2. The van der Waals surface area contributed by atoms with Crippen LogP contribution < -0.4 is 15.5 Å². The van der Waals surface area contributed by atoms with Crippen LogP contribution in [0.4, 0.5) is 16.2 Å². The fraction of sp³-hybridized carbons (Fsp3) is 0.444. The lowest BCUT2D eigenvalue weighted by Crippen LogP contribution is -2.46. The largest absolute Gasteiger partial charge is 0.444 e. The lowest BCUT2D eigenvalue weighted by atomic mass is 9.90. The van der Waals surface area contributed by atoms with Crippen LogP contribution in [-0.2, 0) is 20.9 Å². The van der Waals surface area contributed by atoms with Gasteiger partial charge in [-0.3, -0.25) is 25.1 Å². The number of hydrogen-bond acceptors (Lipinski definition) is 6. The van der Waals surface area contributed by atoms with Gasteiger partial charge in [0, 0.05) is 50.5 Å². The fourth-order valence-electron chi connectivity index (χ4n) is 4.47. The van der Waals surface area contributed by atoms with Gasteiger partial charge in [0.25, 0.3) is 0 Å². The van der Waals surface area contributed by atoms with Gasteiger partial charge in [0.15, 0.2) is 0 Å². The van der Waals surface area contributed by atoms with Gasteiger partial charge in [0.1, 0.15) is 5.60 Å². The van der Waals surface area contributed by atoms with Gasteiger partial charge < -0.3 is 9.64 Å². The zero-order valence-corrected chi connectivity index (χ0v) is 20.7. The number of imide groups is 1. The molecular formula is C27H34N4O4. The molecule has 2 aromatic carbocycles. The molecule has 0 spiro atoms. The number of carbonyl (C=O) groups excluding carboxylic acids is 3. The predicted octanol–water partition coefficient (Wildman–Crippen LogP) is 3.88. The lowest BCUT2D eigenvalue weighted by molar-refractivity contribution is -0.134. The maximum absolute atomic E-state index is 12.1. The van der Waals surface area contributed by atoms with Crippen molar-refractivity contribution in [2.24, 2.45) is 0 Å². The number of piperazine rings is 1. The van der Waals surface area contributed by atoms with Gasteiger partial charge in [0.2, 0.25) is 11.8 Å². The summed E-state index contributed by atoms with van der Waals surface area (Å²) in [4.78, 5) is 40.2. The Bertz CT molecular complexity index is 1050. The van der Waals surface area contributed by atoms with Crippen molar-refractivity contribution in [3.63, 3.8) is 0 Å². The van der Waals surface area contributed by atoms with E-state index >= 15 is 0 Å². The molecule has 2 aromatic rings. The van der Waals surface area contributed by atoms with Crippen LogP contribution in [0, 0.1) is 0 Å². The Morgan fingerprint density at radius 1 is 1.00 bits per heavy atom. The molecule has 2 heterocycles. The van der Waals surface area contributed by atoms with Crippen molar-refractivity contribution in [3.05, 3.63) is 59.7 Å². The Hall–Kier alpha value is -3.39. The number of piperidine rings is 1. The molecule has 2 fully saturated rings. The molecule has 1 unspecified atom stereocenters. The SMILES string of the molecule is CC(C)(C)OC(=O)Nc1ccc(CN2CCN(c3ccc(C4CCC(=O)NC4=O)cc3)CC2)cc1. The van der Waals surface area contributed by atoms with Crippen molar-refractivity contribution in [3.8, 4) is 0 Å². The first-order valence-electron chi connectivity index (χ1n) is 12.2. The van der Waals surface area contributed by atoms with Crippen LogP contribution in [0.2, 0.25) is 0 Å². The number of rotatable bonds is 5. The Balaban J connectivity index is 1.25. The van der Waals surface area contributed by atoms with Crippen molar-refractivity contribution >= 4 is 29.3 Å². The molecule has 8 heteroatoms. The summed E-state index contributed by atoms with van der Waals surface area (Å²) >= 11 is 0. The van der Waals surface area contributed by atoms with Gasteiger partial charge in [-0.05, 0) is 62.6 Å². The quantitative estimate of drug-likeness (QED) is 0.634. The van der Waals surface area contributed by atoms with E-state index in [1.54, 1.807) is 0 Å². The number of benzene rings is 2. The Labute approximate surface area is 206 Å². The van der Waals surface area contributed by atoms with Crippen molar-refractivity contribution in [2.75, 3.05) is 36.4 Å². The average Bonchev–Trinajstić information content (AvgIpc) is 2.80. The molecule has 0 aromatic heterocycles. The third-order valence-corrected chi connectivity index (χ3v) is 6.28. The summed E-state index contributed by atoms with van der Waals surface area (Å²) in [6.07, 6.45) is 0.510. The van der Waals surface area contributed by atoms with Crippen molar-refractivity contribution < 1.29 is 19.1 Å². The van der Waals surface area contributed by atoms with Gasteiger partial charge in [0.05, 0.1) is 5.92 Å². The highest BCUT2D eigenvalue weighted by Crippen LogP contribution is 2.27. The Morgan fingerprint density at radius 3 is 2.26 bits per heavy atom. The summed E-state index contributed by atoms with van der Waals surface area (Å²) in [5.74, 6) is -0.630. The number of hydrogen-bond donors (Lipinski definition) is 2. The van der Waals surface area contributed by atoms with E-state index in [0.29, 0.717) is 18.5 Å². The minimum Gasteiger partial charge on any atom is -0.444 e. The second-order valence-corrected chi connectivity index (χ2v) is 10.2. The van der Waals surface area contributed by atoms with Crippen LogP contribution in [0.25, 0.3) is 0 Å². The molecule has 35 heavy (non-hydrogen) atoms. The maximum atomic E-state index is 12.1. The van der Waals surface area contributed by atoms with E-state index in [9.17, 15) is 14.4 Å². The summed E-state index contributed by atoms with van der Waals surface area (Å²) in [5.41, 5.74) is 3.50. The molecule has 2 saturated heterocycles. The summed E-state index contributed by atoms with van der Waals surface area (Å²) < 4.78 is 5.29. The first-order chi connectivity index (χ1) is 16.7. The van der Waals surface area contributed by atoms with Gasteiger partial charge in [-0.2, -0.15) is 0 Å². The molecule has 2 aliphatic heterocycles.